The predicted octanol–water partition coefficient (Wildman–Crippen LogP) is 1.26. The fourth-order valence-corrected chi connectivity index (χ4v) is 1.70. The maximum atomic E-state index is 11.9. The fraction of sp³-hybridized carbons (Fsp3) is 0.385. The first-order valence-electron chi connectivity index (χ1n) is 5.72. The number of rotatable bonds is 5. The average Bonchev–Trinajstić information content (AvgIpc) is 2.32. The summed E-state index contributed by atoms with van der Waals surface area (Å²) in [5.74, 6) is -1.12. The number of amides is 1. The molecule has 0 bridgehead atoms. The van der Waals surface area contributed by atoms with E-state index >= 15 is 0 Å². The number of hydrogen-bond donors (Lipinski definition) is 2. The quantitative estimate of drug-likeness (QED) is 0.825. The summed E-state index contributed by atoms with van der Waals surface area (Å²) in [6, 6.07) is 5.48. The number of phenolic OH excluding ortho intramolecular Hbond substituents is 1. The molecule has 18 heavy (non-hydrogen) atoms. The van der Waals surface area contributed by atoms with Crippen molar-refractivity contribution in [3.63, 3.8) is 0 Å². The van der Waals surface area contributed by atoms with Gasteiger partial charge in [-0.05, 0) is 24.1 Å². The van der Waals surface area contributed by atoms with Gasteiger partial charge in [-0.15, -0.1) is 0 Å². The minimum Gasteiger partial charge on any atom is -0.508 e. The second-order valence-corrected chi connectivity index (χ2v) is 4.11. The molecule has 1 aromatic carbocycles. The minimum atomic E-state index is -1.00. The Morgan fingerprint density at radius 2 is 1.83 bits per heavy atom. The van der Waals surface area contributed by atoms with Crippen LogP contribution in [0.15, 0.2) is 24.3 Å². The van der Waals surface area contributed by atoms with E-state index in [9.17, 15) is 9.59 Å². The molecule has 0 aromatic heterocycles. The smallest absolute Gasteiger partial charge is 0.326 e. The highest BCUT2D eigenvalue weighted by atomic mass is 16.4. The van der Waals surface area contributed by atoms with Crippen LogP contribution in [0.25, 0.3) is 0 Å². The van der Waals surface area contributed by atoms with Gasteiger partial charge in [-0.1, -0.05) is 19.1 Å². The van der Waals surface area contributed by atoms with Crippen LogP contribution < -0.4 is 0 Å². The summed E-state index contributed by atoms with van der Waals surface area (Å²) in [6.07, 6.45) is 0.494. The molecule has 1 aromatic rings. The molecule has 0 spiro atoms. The lowest BCUT2D eigenvalue weighted by molar-refractivity contribution is -0.148. The summed E-state index contributed by atoms with van der Waals surface area (Å²) in [5, 5.41) is 18.1. The number of aliphatic carboxylic acids is 1. The van der Waals surface area contributed by atoms with Gasteiger partial charge in [0.2, 0.25) is 5.91 Å². The van der Waals surface area contributed by atoms with Crippen LogP contribution in [0.1, 0.15) is 18.9 Å². The third-order valence-corrected chi connectivity index (χ3v) is 2.82. The van der Waals surface area contributed by atoms with E-state index in [-0.39, 0.29) is 18.1 Å². The molecule has 1 unspecified atom stereocenters. The molecule has 0 aliphatic heterocycles. The Morgan fingerprint density at radius 3 is 2.28 bits per heavy atom. The van der Waals surface area contributed by atoms with Crippen LogP contribution in [0.5, 0.6) is 5.75 Å². The third kappa shape index (κ3) is 3.48. The molecule has 0 aliphatic rings. The summed E-state index contributed by atoms with van der Waals surface area (Å²) in [5.41, 5.74) is 0.741. The van der Waals surface area contributed by atoms with Crippen LogP contribution >= 0.6 is 0 Å². The van der Waals surface area contributed by atoms with Crippen LogP contribution in [-0.2, 0) is 16.0 Å². The Morgan fingerprint density at radius 1 is 1.28 bits per heavy atom. The second kappa shape index (κ2) is 6.05. The highest BCUT2D eigenvalue weighted by molar-refractivity contribution is 5.84. The van der Waals surface area contributed by atoms with E-state index < -0.39 is 12.0 Å². The fourth-order valence-electron chi connectivity index (χ4n) is 1.70. The Balaban J connectivity index is 2.70. The molecule has 0 heterocycles. The summed E-state index contributed by atoms with van der Waals surface area (Å²) in [6.45, 7) is 1.73. The Kier molecular flexibility index (Phi) is 4.71. The van der Waals surface area contributed by atoms with E-state index in [0.717, 1.165) is 5.56 Å². The SMILES string of the molecule is CCC(C(=O)O)N(C)C(=O)Cc1ccc(O)cc1. The molecule has 98 valence electrons. The number of carboxylic acids is 1. The number of phenols is 1. The summed E-state index contributed by atoms with van der Waals surface area (Å²) >= 11 is 0. The number of hydrogen-bond acceptors (Lipinski definition) is 3. The van der Waals surface area contributed by atoms with Crippen molar-refractivity contribution in [2.45, 2.75) is 25.8 Å². The van der Waals surface area contributed by atoms with Crippen molar-refractivity contribution in [2.75, 3.05) is 7.05 Å². The lowest BCUT2D eigenvalue weighted by Gasteiger charge is -2.23. The molecule has 1 atom stereocenters. The van der Waals surface area contributed by atoms with Gasteiger partial charge in [0.05, 0.1) is 6.42 Å². The van der Waals surface area contributed by atoms with Gasteiger partial charge in [0.15, 0.2) is 0 Å². The highest BCUT2D eigenvalue weighted by Gasteiger charge is 2.24. The van der Waals surface area contributed by atoms with Gasteiger partial charge < -0.3 is 15.1 Å². The predicted molar refractivity (Wildman–Crippen MR) is 66.3 cm³/mol. The van der Waals surface area contributed by atoms with Gasteiger partial charge in [-0.3, -0.25) is 4.79 Å². The standard InChI is InChI=1S/C13H17NO4/c1-3-11(13(17)18)14(2)12(16)8-9-4-6-10(15)7-5-9/h4-7,11,15H,3,8H2,1-2H3,(H,17,18). The molecular weight excluding hydrogens is 234 g/mol. The van der Waals surface area contributed by atoms with Gasteiger partial charge >= 0.3 is 5.97 Å². The summed E-state index contributed by atoms with van der Waals surface area (Å²) < 4.78 is 0. The van der Waals surface area contributed by atoms with Gasteiger partial charge in [-0.2, -0.15) is 0 Å². The minimum absolute atomic E-state index is 0.126. The van der Waals surface area contributed by atoms with Crippen LogP contribution in [0.3, 0.4) is 0 Å². The Bertz CT molecular complexity index is 427. The number of nitrogens with zero attached hydrogens (tertiary/aromatic N) is 1. The maximum Gasteiger partial charge on any atom is 0.326 e. The summed E-state index contributed by atoms with van der Waals surface area (Å²) in [4.78, 5) is 24.1. The molecule has 5 heteroatoms. The lowest BCUT2D eigenvalue weighted by atomic mass is 10.1. The zero-order valence-corrected chi connectivity index (χ0v) is 10.5. The van der Waals surface area contributed by atoms with Crippen molar-refractivity contribution in [1.29, 1.82) is 0 Å². The first-order chi connectivity index (χ1) is 8.45. The van der Waals surface area contributed by atoms with Crippen LogP contribution in [-0.4, -0.2) is 40.1 Å². The van der Waals surface area contributed by atoms with Gasteiger partial charge in [0, 0.05) is 7.05 Å². The topological polar surface area (TPSA) is 77.8 Å². The average molecular weight is 251 g/mol. The number of likely N-dealkylation sites (N-methyl/N-ethyl adjacent to an activating group) is 1. The molecule has 0 saturated heterocycles. The van der Waals surface area contributed by atoms with Crippen molar-refractivity contribution in [2.24, 2.45) is 0 Å². The number of benzene rings is 1. The normalized spacial score (nSPS) is 11.9. The van der Waals surface area contributed by atoms with E-state index in [0.29, 0.717) is 6.42 Å². The van der Waals surface area contributed by atoms with Crippen molar-refractivity contribution in [3.8, 4) is 5.75 Å². The molecule has 0 radical (unpaired) electrons. The second-order valence-electron chi connectivity index (χ2n) is 4.11. The number of carbonyl (C=O) groups is 2. The highest BCUT2D eigenvalue weighted by Crippen LogP contribution is 2.12. The monoisotopic (exact) mass is 251 g/mol. The number of carbonyl (C=O) groups excluding carboxylic acids is 1. The first-order valence-corrected chi connectivity index (χ1v) is 5.72. The van der Waals surface area contributed by atoms with E-state index in [1.165, 1.54) is 24.1 Å². The van der Waals surface area contributed by atoms with Crippen LogP contribution in [0, 0.1) is 0 Å². The van der Waals surface area contributed by atoms with Crippen molar-refractivity contribution in [3.05, 3.63) is 29.8 Å². The van der Waals surface area contributed by atoms with Crippen LogP contribution in [0.4, 0.5) is 0 Å². The molecule has 1 amide bonds. The van der Waals surface area contributed by atoms with Crippen molar-refractivity contribution >= 4 is 11.9 Å². The van der Waals surface area contributed by atoms with Gasteiger partial charge in [0.25, 0.3) is 0 Å². The van der Waals surface area contributed by atoms with E-state index in [2.05, 4.69) is 0 Å². The summed E-state index contributed by atoms with van der Waals surface area (Å²) in [7, 11) is 1.49. The van der Waals surface area contributed by atoms with Crippen molar-refractivity contribution in [1.82, 2.24) is 4.90 Å². The first kappa shape index (κ1) is 14.0. The zero-order valence-electron chi connectivity index (χ0n) is 10.5. The number of carboxylic acid groups (broad SMARTS) is 1. The Labute approximate surface area is 106 Å². The van der Waals surface area contributed by atoms with Crippen molar-refractivity contribution < 1.29 is 19.8 Å². The number of aromatic hydroxyl groups is 1. The molecule has 1 rings (SSSR count). The van der Waals surface area contributed by atoms with Crippen LogP contribution in [0.2, 0.25) is 0 Å². The van der Waals surface area contributed by atoms with Gasteiger partial charge in [-0.25, -0.2) is 4.79 Å². The van der Waals surface area contributed by atoms with E-state index in [1.807, 2.05) is 0 Å². The Hall–Kier alpha value is -2.04. The lowest BCUT2D eigenvalue weighted by Crippen LogP contribution is -2.42. The van der Waals surface area contributed by atoms with E-state index in [4.69, 9.17) is 10.2 Å². The maximum absolute atomic E-state index is 11.9. The molecule has 0 saturated carbocycles. The molecular formula is C13H17NO4. The molecule has 0 fully saturated rings. The zero-order chi connectivity index (χ0) is 13.7. The molecule has 5 nitrogen and oxygen atoms in total. The largest absolute Gasteiger partial charge is 0.508 e. The van der Waals surface area contributed by atoms with E-state index in [1.54, 1.807) is 19.1 Å². The molecule has 0 aliphatic carbocycles. The van der Waals surface area contributed by atoms with Gasteiger partial charge in [0.1, 0.15) is 11.8 Å². The molecule has 2 N–H and O–H groups in total. The third-order valence-electron chi connectivity index (χ3n) is 2.82.